The van der Waals surface area contributed by atoms with E-state index in [0.717, 1.165) is 27.6 Å². The molecule has 0 N–H and O–H groups in total. The van der Waals surface area contributed by atoms with E-state index in [-0.39, 0.29) is 46.8 Å². The third kappa shape index (κ3) is 5.27. The largest absolute Gasteiger partial charge is 0.454 e. The topological polar surface area (TPSA) is 93.6 Å². The lowest BCUT2D eigenvalue weighted by Crippen LogP contribution is -2.40. The summed E-state index contributed by atoms with van der Waals surface area (Å²) in [5, 5.41) is 0.614. The Labute approximate surface area is 303 Å². The highest BCUT2D eigenvalue weighted by atomic mass is 79.9. The van der Waals surface area contributed by atoms with Crippen molar-refractivity contribution < 1.29 is 23.9 Å². The molecule has 2 heterocycles. The number of nitrogens with zero attached hydrogens (tertiary/aromatic N) is 2. The van der Waals surface area contributed by atoms with Gasteiger partial charge in [-0.3, -0.25) is 19.3 Å². The molecule has 2 bridgehead atoms. The van der Waals surface area contributed by atoms with Gasteiger partial charge in [-0.15, -0.1) is 0 Å². The van der Waals surface area contributed by atoms with Crippen molar-refractivity contribution in [2.24, 2.45) is 35.5 Å². The van der Waals surface area contributed by atoms with Crippen LogP contribution in [0.4, 0.5) is 5.69 Å². The molecule has 1 aliphatic heterocycles. The van der Waals surface area contributed by atoms with Gasteiger partial charge in [0.05, 0.1) is 34.3 Å². The highest BCUT2D eigenvalue weighted by Crippen LogP contribution is 2.65. The van der Waals surface area contributed by atoms with E-state index in [2.05, 4.69) is 28.1 Å². The van der Waals surface area contributed by atoms with Crippen LogP contribution in [-0.4, -0.2) is 35.2 Å². The molecule has 1 saturated heterocycles. The number of ketones is 1. The quantitative estimate of drug-likeness (QED) is 0.0687. The third-order valence-corrected chi connectivity index (χ3v) is 11.7. The molecule has 5 aliphatic rings. The Balaban J connectivity index is 0.984. The minimum atomic E-state index is -0.633. The molecular weight excluding hydrogens is 704 g/mol. The van der Waals surface area contributed by atoms with Crippen LogP contribution in [0.15, 0.2) is 114 Å². The number of esters is 1. The van der Waals surface area contributed by atoms with Crippen molar-refractivity contribution in [2.45, 2.75) is 19.8 Å². The van der Waals surface area contributed by atoms with E-state index < -0.39 is 12.6 Å². The fourth-order valence-electron chi connectivity index (χ4n) is 8.71. The zero-order valence-electron chi connectivity index (χ0n) is 27.8. The van der Waals surface area contributed by atoms with Crippen LogP contribution >= 0.6 is 15.9 Å². The number of aryl methyl sites for hydroxylation is 1. The van der Waals surface area contributed by atoms with Crippen molar-refractivity contribution in [3.63, 3.8) is 0 Å². The molecule has 4 aliphatic carbocycles. The normalized spacial score (nSPS) is 24.1. The summed E-state index contributed by atoms with van der Waals surface area (Å²) in [6.07, 6.45) is 6.15. The standard InChI is InChI=1S/C43H33BrN2O5/c1-2-23-18-28(44)19-34-35(43(50)51-22-37(47)27-10-8-25(9-11-27)24-6-4-3-5-7-24)21-36(45-40(23)34)26-12-14-29(15-13-26)46-41(48)38-30-16-17-31(33-20-32(30)33)39(38)42(46)49/h3-19,21,30-33,38-39H,2,20,22H2,1H3. The Morgan fingerprint density at radius 2 is 1.43 bits per heavy atom. The summed E-state index contributed by atoms with van der Waals surface area (Å²) in [7, 11) is 0. The highest BCUT2D eigenvalue weighted by molar-refractivity contribution is 9.10. The number of rotatable bonds is 8. The first-order valence-electron chi connectivity index (χ1n) is 17.5. The van der Waals surface area contributed by atoms with Crippen LogP contribution in [0.2, 0.25) is 0 Å². The molecule has 7 nitrogen and oxygen atoms in total. The van der Waals surface area contributed by atoms with Crippen LogP contribution in [0.3, 0.4) is 0 Å². The molecule has 1 aromatic heterocycles. The third-order valence-electron chi connectivity index (χ3n) is 11.3. The SMILES string of the molecule is CCc1cc(Br)cc2c(C(=O)OCC(=O)c3ccc(-c4ccccc4)cc3)cc(-c3ccc(N4C(=O)C5C6C=CC(C7CC67)C5C4=O)cc3)nc12. The van der Waals surface area contributed by atoms with Crippen molar-refractivity contribution in [3.05, 3.63) is 130 Å². The second kappa shape index (κ2) is 12.2. The number of fused-ring (bicyclic) bond motifs is 1. The maximum atomic E-state index is 13.7. The van der Waals surface area contributed by atoms with Gasteiger partial charge in [-0.1, -0.05) is 102 Å². The molecule has 6 unspecified atom stereocenters. The summed E-state index contributed by atoms with van der Waals surface area (Å²) in [6.45, 7) is 1.61. The number of amides is 2. The van der Waals surface area contributed by atoms with Gasteiger partial charge < -0.3 is 4.74 Å². The van der Waals surface area contributed by atoms with E-state index in [0.29, 0.717) is 51.7 Å². The van der Waals surface area contributed by atoms with Gasteiger partial charge in [-0.05, 0) is 83.5 Å². The van der Waals surface area contributed by atoms with Crippen molar-refractivity contribution in [1.29, 1.82) is 0 Å². The molecule has 10 rings (SSSR count). The Morgan fingerprint density at radius 3 is 2.08 bits per heavy atom. The molecule has 51 heavy (non-hydrogen) atoms. The Kier molecular flexibility index (Phi) is 7.62. The molecule has 3 fully saturated rings. The number of aromatic nitrogens is 1. The summed E-state index contributed by atoms with van der Waals surface area (Å²) in [4.78, 5) is 60.6. The lowest BCUT2D eigenvalue weighted by Gasteiger charge is -2.37. The monoisotopic (exact) mass is 736 g/mol. The number of carbonyl (C=O) groups is 4. The van der Waals surface area contributed by atoms with Gasteiger partial charge in [0, 0.05) is 21.0 Å². The van der Waals surface area contributed by atoms with E-state index >= 15 is 0 Å². The first-order valence-corrected chi connectivity index (χ1v) is 18.3. The molecule has 2 amide bonds. The van der Waals surface area contributed by atoms with Gasteiger partial charge >= 0.3 is 5.97 Å². The number of Topliss-reactive ketones (excluding diaryl/α,β-unsaturated/α-hetero) is 1. The molecule has 0 spiro atoms. The number of hydrogen-bond acceptors (Lipinski definition) is 6. The molecule has 252 valence electrons. The summed E-state index contributed by atoms with van der Waals surface area (Å²) in [5.74, 6) is -0.267. The number of pyridine rings is 1. The maximum absolute atomic E-state index is 13.7. The first-order chi connectivity index (χ1) is 24.8. The highest BCUT2D eigenvalue weighted by Gasteiger charge is 2.67. The first kappa shape index (κ1) is 31.7. The van der Waals surface area contributed by atoms with E-state index in [1.807, 2.05) is 73.7 Å². The summed E-state index contributed by atoms with van der Waals surface area (Å²) < 4.78 is 6.44. The van der Waals surface area contributed by atoms with Gasteiger partial charge in [-0.2, -0.15) is 0 Å². The van der Waals surface area contributed by atoms with Crippen molar-refractivity contribution in [3.8, 4) is 22.4 Å². The smallest absolute Gasteiger partial charge is 0.339 e. The van der Waals surface area contributed by atoms with Crippen molar-refractivity contribution >= 4 is 56.1 Å². The van der Waals surface area contributed by atoms with Crippen LogP contribution in [0.1, 0.15) is 39.6 Å². The van der Waals surface area contributed by atoms with E-state index in [1.165, 1.54) is 4.90 Å². The minimum absolute atomic E-state index is 0.101. The van der Waals surface area contributed by atoms with Gasteiger partial charge in [0.25, 0.3) is 0 Å². The summed E-state index contributed by atoms with van der Waals surface area (Å²) in [5.41, 5.74) is 6.18. The average Bonchev–Trinajstić information content (AvgIpc) is 3.95. The lowest BCUT2D eigenvalue weighted by atomic mass is 9.63. The second-order valence-corrected chi connectivity index (χ2v) is 14.9. The van der Waals surface area contributed by atoms with Gasteiger partial charge in [0.1, 0.15) is 0 Å². The molecular formula is C43H33BrN2O5. The molecule has 2 saturated carbocycles. The Hall–Kier alpha value is -5.21. The van der Waals surface area contributed by atoms with Crippen molar-refractivity contribution in [1.82, 2.24) is 4.98 Å². The Morgan fingerprint density at radius 1 is 0.804 bits per heavy atom. The lowest BCUT2D eigenvalue weighted by molar-refractivity contribution is -0.124. The maximum Gasteiger partial charge on any atom is 0.339 e. The number of hydrogen-bond donors (Lipinski definition) is 0. The minimum Gasteiger partial charge on any atom is -0.454 e. The van der Waals surface area contributed by atoms with Crippen LogP contribution in [0.25, 0.3) is 33.3 Å². The van der Waals surface area contributed by atoms with Crippen LogP contribution < -0.4 is 4.90 Å². The number of benzene rings is 4. The average molecular weight is 738 g/mol. The van der Waals surface area contributed by atoms with E-state index in [1.54, 1.807) is 30.3 Å². The summed E-state index contributed by atoms with van der Waals surface area (Å²) >= 11 is 3.58. The van der Waals surface area contributed by atoms with Crippen LogP contribution in [-0.2, 0) is 20.7 Å². The van der Waals surface area contributed by atoms with Crippen LogP contribution in [0.5, 0.6) is 0 Å². The predicted octanol–water partition coefficient (Wildman–Crippen LogP) is 8.49. The number of imide groups is 1. The second-order valence-electron chi connectivity index (χ2n) is 14.0. The van der Waals surface area contributed by atoms with E-state index in [4.69, 9.17) is 9.72 Å². The zero-order chi connectivity index (χ0) is 35.0. The molecule has 8 heteroatoms. The number of halogens is 1. The molecule has 0 radical (unpaired) electrons. The number of ether oxygens (including phenoxy) is 1. The Bertz CT molecular complexity index is 2260. The zero-order valence-corrected chi connectivity index (χ0v) is 29.4. The van der Waals surface area contributed by atoms with Gasteiger partial charge in [0.15, 0.2) is 12.4 Å². The predicted molar refractivity (Wildman–Crippen MR) is 198 cm³/mol. The molecule has 6 atom stereocenters. The van der Waals surface area contributed by atoms with Gasteiger partial charge in [-0.25, -0.2) is 9.78 Å². The van der Waals surface area contributed by atoms with E-state index in [9.17, 15) is 19.2 Å². The van der Waals surface area contributed by atoms with Gasteiger partial charge in [0.2, 0.25) is 11.8 Å². The summed E-state index contributed by atoms with van der Waals surface area (Å²) in [6, 6.07) is 29.9. The number of anilines is 1. The fourth-order valence-corrected chi connectivity index (χ4v) is 9.22. The van der Waals surface area contributed by atoms with Crippen molar-refractivity contribution in [2.75, 3.05) is 11.5 Å². The number of allylic oxidation sites excluding steroid dienone is 2. The molecule has 5 aromatic rings. The molecule has 4 aromatic carbocycles. The van der Waals surface area contributed by atoms with Crippen LogP contribution in [0, 0.1) is 35.5 Å². The number of carbonyl (C=O) groups excluding carboxylic acids is 4. The fraction of sp³-hybridized carbons (Fsp3) is 0.233.